The highest BCUT2D eigenvalue weighted by Gasteiger charge is 2.24. The minimum atomic E-state index is -0.878. The van der Waals surface area contributed by atoms with Gasteiger partial charge in [0.15, 0.2) is 0 Å². The highest BCUT2D eigenvalue weighted by Crippen LogP contribution is 2.19. The topological polar surface area (TPSA) is 52.6 Å². The van der Waals surface area contributed by atoms with Crippen molar-refractivity contribution in [1.29, 1.82) is 0 Å². The summed E-state index contributed by atoms with van der Waals surface area (Å²) < 4.78 is 0. The van der Waals surface area contributed by atoms with Crippen LogP contribution in [-0.4, -0.2) is 35.1 Å². The number of nitrogens with one attached hydrogen (secondary N) is 1. The highest BCUT2D eigenvalue weighted by molar-refractivity contribution is 5.87. The van der Waals surface area contributed by atoms with E-state index in [9.17, 15) is 4.79 Å². The second-order valence-electron chi connectivity index (χ2n) is 7.10. The van der Waals surface area contributed by atoms with Gasteiger partial charge in [0.1, 0.15) is 0 Å². The molecule has 0 spiro atoms. The standard InChI is InChI=1S/C21H26N2O2/c1-16-11-20(15-23(13-16)14-18-5-3-2-4-6-18)22-12-17-7-9-19(10-8-17)21(24)25/h2-10,16,20,22H,11-15H2,1H3,(H,24,25). The van der Waals surface area contributed by atoms with Gasteiger partial charge in [-0.3, -0.25) is 4.90 Å². The third-order valence-electron chi connectivity index (χ3n) is 4.78. The van der Waals surface area contributed by atoms with Crippen molar-refractivity contribution in [1.82, 2.24) is 10.2 Å². The molecular formula is C21H26N2O2. The predicted octanol–water partition coefficient (Wildman–Crippen LogP) is 3.39. The first-order valence-corrected chi connectivity index (χ1v) is 8.92. The van der Waals surface area contributed by atoms with E-state index < -0.39 is 5.97 Å². The van der Waals surface area contributed by atoms with E-state index in [4.69, 9.17) is 5.11 Å². The number of carboxylic acid groups (broad SMARTS) is 1. The summed E-state index contributed by atoms with van der Waals surface area (Å²) in [6.07, 6.45) is 1.18. The van der Waals surface area contributed by atoms with Gasteiger partial charge < -0.3 is 10.4 Å². The molecule has 0 bridgehead atoms. The Kier molecular flexibility index (Phi) is 5.84. The minimum absolute atomic E-state index is 0.337. The third kappa shape index (κ3) is 5.15. The van der Waals surface area contributed by atoms with Crippen LogP contribution in [0, 0.1) is 5.92 Å². The van der Waals surface area contributed by atoms with Gasteiger partial charge >= 0.3 is 5.97 Å². The van der Waals surface area contributed by atoms with Crippen LogP contribution in [0.25, 0.3) is 0 Å². The van der Waals surface area contributed by atoms with Gasteiger partial charge in [0, 0.05) is 32.2 Å². The van der Waals surface area contributed by atoms with Crippen molar-refractivity contribution in [2.75, 3.05) is 13.1 Å². The maximum atomic E-state index is 10.9. The molecule has 1 aliphatic heterocycles. The largest absolute Gasteiger partial charge is 0.478 e. The third-order valence-corrected chi connectivity index (χ3v) is 4.78. The van der Waals surface area contributed by atoms with E-state index in [1.165, 1.54) is 12.0 Å². The van der Waals surface area contributed by atoms with Gasteiger partial charge in [-0.05, 0) is 35.6 Å². The Labute approximate surface area is 149 Å². The number of benzene rings is 2. The van der Waals surface area contributed by atoms with E-state index in [0.717, 1.165) is 31.7 Å². The Morgan fingerprint density at radius 3 is 2.48 bits per heavy atom. The molecule has 0 aromatic heterocycles. The first kappa shape index (κ1) is 17.6. The van der Waals surface area contributed by atoms with Crippen LogP contribution in [0.15, 0.2) is 54.6 Å². The SMILES string of the molecule is CC1CC(NCc2ccc(C(=O)O)cc2)CN(Cc2ccccc2)C1. The van der Waals surface area contributed by atoms with Crippen LogP contribution >= 0.6 is 0 Å². The van der Waals surface area contributed by atoms with Crippen LogP contribution in [0.4, 0.5) is 0 Å². The number of carbonyl (C=O) groups is 1. The summed E-state index contributed by atoms with van der Waals surface area (Å²) >= 11 is 0. The number of rotatable bonds is 6. The number of piperidine rings is 1. The molecule has 2 N–H and O–H groups in total. The normalized spacial score (nSPS) is 21.2. The van der Waals surface area contributed by atoms with Crippen molar-refractivity contribution in [2.45, 2.75) is 32.5 Å². The Morgan fingerprint density at radius 1 is 1.08 bits per heavy atom. The first-order valence-electron chi connectivity index (χ1n) is 8.92. The lowest BCUT2D eigenvalue weighted by Gasteiger charge is -2.37. The minimum Gasteiger partial charge on any atom is -0.478 e. The molecule has 1 saturated heterocycles. The number of carboxylic acids is 1. The van der Waals surface area contributed by atoms with E-state index in [1.807, 2.05) is 12.1 Å². The number of hydrogen-bond acceptors (Lipinski definition) is 3. The van der Waals surface area contributed by atoms with Crippen LogP contribution in [0.1, 0.15) is 34.8 Å². The zero-order chi connectivity index (χ0) is 17.6. The fourth-order valence-corrected chi connectivity index (χ4v) is 3.61. The molecule has 3 rings (SSSR count). The molecule has 2 aromatic rings. The molecule has 2 atom stereocenters. The van der Waals surface area contributed by atoms with Crippen LogP contribution < -0.4 is 5.32 Å². The monoisotopic (exact) mass is 338 g/mol. The fraction of sp³-hybridized carbons (Fsp3) is 0.381. The van der Waals surface area contributed by atoms with Gasteiger partial charge in [0.25, 0.3) is 0 Å². The molecule has 0 amide bonds. The summed E-state index contributed by atoms with van der Waals surface area (Å²) in [5.74, 6) is -0.207. The molecule has 4 heteroatoms. The second-order valence-corrected chi connectivity index (χ2v) is 7.10. The van der Waals surface area contributed by atoms with Crippen molar-refractivity contribution in [2.24, 2.45) is 5.92 Å². The Balaban J connectivity index is 1.54. The quantitative estimate of drug-likeness (QED) is 0.848. The maximum Gasteiger partial charge on any atom is 0.335 e. The first-order chi connectivity index (χ1) is 12.1. The molecule has 4 nitrogen and oxygen atoms in total. The molecule has 0 saturated carbocycles. The predicted molar refractivity (Wildman–Crippen MR) is 99.5 cm³/mol. The Hall–Kier alpha value is -2.17. The van der Waals surface area contributed by atoms with Gasteiger partial charge in [0.05, 0.1) is 5.56 Å². The summed E-state index contributed by atoms with van der Waals surface area (Å²) in [5, 5.41) is 12.6. The van der Waals surface area contributed by atoms with Crippen LogP contribution in [-0.2, 0) is 13.1 Å². The van der Waals surface area contributed by atoms with Crippen molar-refractivity contribution >= 4 is 5.97 Å². The summed E-state index contributed by atoms with van der Waals surface area (Å²) in [6, 6.07) is 18.2. The van der Waals surface area contributed by atoms with E-state index in [0.29, 0.717) is 17.5 Å². The average molecular weight is 338 g/mol. The van der Waals surface area contributed by atoms with Crippen molar-refractivity contribution in [3.8, 4) is 0 Å². The molecule has 1 heterocycles. The second kappa shape index (κ2) is 8.28. The number of nitrogens with zero attached hydrogens (tertiary/aromatic N) is 1. The van der Waals surface area contributed by atoms with Gasteiger partial charge in [-0.15, -0.1) is 0 Å². The van der Waals surface area contributed by atoms with Crippen molar-refractivity contribution in [3.05, 3.63) is 71.3 Å². The average Bonchev–Trinajstić information content (AvgIpc) is 2.61. The maximum absolute atomic E-state index is 10.9. The molecule has 1 aliphatic rings. The van der Waals surface area contributed by atoms with E-state index in [2.05, 4.69) is 47.5 Å². The molecule has 0 radical (unpaired) electrons. The highest BCUT2D eigenvalue weighted by atomic mass is 16.4. The zero-order valence-corrected chi connectivity index (χ0v) is 14.7. The van der Waals surface area contributed by atoms with Crippen LogP contribution in [0.2, 0.25) is 0 Å². The molecule has 132 valence electrons. The molecule has 2 unspecified atom stereocenters. The molecule has 1 fully saturated rings. The van der Waals surface area contributed by atoms with Crippen molar-refractivity contribution in [3.63, 3.8) is 0 Å². The zero-order valence-electron chi connectivity index (χ0n) is 14.7. The van der Waals surface area contributed by atoms with Crippen molar-refractivity contribution < 1.29 is 9.90 Å². The van der Waals surface area contributed by atoms with Crippen LogP contribution in [0.3, 0.4) is 0 Å². The summed E-state index contributed by atoms with van der Waals surface area (Å²) in [6.45, 7) is 6.27. The van der Waals surface area contributed by atoms with Gasteiger partial charge in [0.2, 0.25) is 0 Å². The van der Waals surface area contributed by atoms with E-state index in [-0.39, 0.29) is 0 Å². The van der Waals surface area contributed by atoms with Crippen LogP contribution in [0.5, 0.6) is 0 Å². The summed E-state index contributed by atoms with van der Waals surface area (Å²) in [5.41, 5.74) is 2.82. The van der Waals surface area contributed by atoms with Gasteiger partial charge in [-0.1, -0.05) is 49.4 Å². The lowest BCUT2D eigenvalue weighted by molar-refractivity contribution is 0.0697. The van der Waals surface area contributed by atoms with E-state index >= 15 is 0 Å². The summed E-state index contributed by atoms with van der Waals surface area (Å²) in [4.78, 5) is 13.4. The lowest BCUT2D eigenvalue weighted by atomic mass is 9.95. The Bertz CT molecular complexity index is 685. The number of likely N-dealkylation sites (tertiary alicyclic amines) is 1. The lowest BCUT2D eigenvalue weighted by Crippen LogP contribution is -2.48. The Morgan fingerprint density at radius 2 is 1.80 bits per heavy atom. The molecule has 2 aromatic carbocycles. The summed E-state index contributed by atoms with van der Waals surface area (Å²) in [7, 11) is 0. The molecular weight excluding hydrogens is 312 g/mol. The van der Waals surface area contributed by atoms with Gasteiger partial charge in [-0.25, -0.2) is 4.79 Å². The smallest absolute Gasteiger partial charge is 0.335 e. The number of hydrogen-bond donors (Lipinski definition) is 2. The van der Waals surface area contributed by atoms with Gasteiger partial charge in [-0.2, -0.15) is 0 Å². The number of aromatic carboxylic acids is 1. The fourth-order valence-electron chi connectivity index (χ4n) is 3.61. The molecule has 0 aliphatic carbocycles. The molecule has 25 heavy (non-hydrogen) atoms. The van der Waals surface area contributed by atoms with E-state index in [1.54, 1.807) is 12.1 Å².